The van der Waals surface area contributed by atoms with Gasteiger partial charge >= 0.3 is 6.03 Å². The lowest BCUT2D eigenvalue weighted by Crippen LogP contribution is -2.38. The highest BCUT2D eigenvalue weighted by Crippen LogP contribution is 2.11. The molecule has 1 atom stereocenters. The summed E-state index contributed by atoms with van der Waals surface area (Å²) in [6.45, 7) is 1.61. The molecular weight excluding hydrogens is 246 g/mol. The van der Waals surface area contributed by atoms with Gasteiger partial charge in [0.2, 0.25) is 0 Å². The zero-order valence-electron chi connectivity index (χ0n) is 10.4. The van der Waals surface area contributed by atoms with Gasteiger partial charge in [-0.3, -0.25) is 0 Å². The lowest BCUT2D eigenvalue weighted by Gasteiger charge is -2.12. The van der Waals surface area contributed by atoms with Crippen molar-refractivity contribution < 1.29 is 9.90 Å². The van der Waals surface area contributed by atoms with Crippen LogP contribution in [0.5, 0.6) is 0 Å². The lowest BCUT2D eigenvalue weighted by atomic mass is 10.3. The second-order valence-corrected chi connectivity index (χ2v) is 4.05. The third kappa shape index (κ3) is 3.52. The van der Waals surface area contributed by atoms with Crippen molar-refractivity contribution in [2.45, 2.75) is 13.0 Å². The van der Waals surface area contributed by atoms with Crippen molar-refractivity contribution >= 4 is 11.7 Å². The number of aliphatic hydroxyl groups excluding tert-OH is 1. The van der Waals surface area contributed by atoms with Gasteiger partial charge in [0, 0.05) is 5.69 Å². The van der Waals surface area contributed by atoms with Gasteiger partial charge in [-0.2, -0.15) is 15.0 Å². The van der Waals surface area contributed by atoms with Crippen LogP contribution in [0.2, 0.25) is 0 Å². The van der Waals surface area contributed by atoms with Gasteiger partial charge in [0.05, 0.1) is 30.7 Å². The topological polar surface area (TPSA) is 92.1 Å². The van der Waals surface area contributed by atoms with Crippen molar-refractivity contribution in [2.75, 3.05) is 11.9 Å². The molecule has 1 aromatic heterocycles. The Bertz CT molecular complexity index is 524. The van der Waals surface area contributed by atoms with Gasteiger partial charge in [-0.25, -0.2) is 4.79 Å². The van der Waals surface area contributed by atoms with Crippen LogP contribution in [0, 0.1) is 0 Å². The van der Waals surface area contributed by atoms with Crippen molar-refractivity contribution in [1.82, 2.24) is 20.3 Å². The number of amides is 2. The van der Waals surface area contributed by atoms with E-state index >= 15 is 0 Å². The maximum atomic E-state index is 11.5. The molecule has 1 aromatic carbocycles. The zero-order chi connectivity index (χ0) is 13.7. The molecule has 2 amide bonds. The van der Waals surface area contributed by atoms with Crippen molar-refractivity contribution in [2.24, 2.45) is 0 Å². The molecule has 0 radical (unpaired) electrons. The molecule has 0 spiro atoms. The second-order valence-electron chi connectivity index (χ2n) is 4.05. The summed E-state index contributed by atoms with van der Waals surface area (Å²) in [4.78, 5) is 13.0. The number of benzene rings is 1. The largest absolute Gasteiger partial charge is 0.394 e. The molecule has 3 N–H and O–H groups in total. The summed E-state index contributed by atoms with van der Waals surface area (Å²) < 4.78 is 0. The molecule has 7 nitrogen and oxygen atoms in total. The Morgan fingerprint density at radius 1 is 1.32 bits per heavy atom. The van der Waals surface area contributed by atoms with Crippen LogP contribution in [-0.4, -0.2) is 38.8 Å². The summed E-state index contributed by atoms with van der Waals surface area (Å²) in [6.07, 6.45) is 3.19. The van der Waals surface area contributed by atoms with Crippen LogP contribution in [0.15, 0.2) is 36.7 Å². The number of hydrogen-bond acceptors (Lipinski definition) is 4. The molecule has 0 unspecified atom stereocenters. The second kappa shape index (κ2) is 5.96. The van der Waals surface area contributed by atoms with Gasteiger partial charge in [0.1, 0.15) is 0 Å². The van der Waals surface area contributed by atoms with E-state index in [9.17, 15) is 4.79 Å². The Balaban J connectivity index is 1.97. The summed E-state index contributed by atoms with van der Waals surface area (Å²) in [5, 5.41) is 22.1. The predicted molar refractivity (Wildman–Crippen MR) is 70.1 cm³/mol. The molecule has 0 saturated carbocycles. The first-order chi connectivity index (χ1) is 9.19. The van der Waals surface area contributed by atoms with Crippen LogP contribution < -0.4 is 10.6 Å². The molecule has 0 bridgehead atoms. The lowest BCUT2D eigenvalue weighted by molar-refractivity contribution is 0.229. The van der Waals surface area contributed by atoms with Crippen LogP contribution in [0.25, 0.3) is 5.69 Å². The Morgan fingerprint density at radius 3 is 2.53 bits per heavy atom. The number of nitrogens with zero attached hydrogens (tertiary/aromatic N) is 3. The van der Waals surface area contributed by atoms with E-state index < -0.39 is 0 Å². The quantitative estimate of drug-likeness (QED) is 0.758. The number of aromatic nitrogens is 3. The molecule has 0 aliphatic carbocycles. The standard InChI is InChI=1S/C12H15N5O2/c1-9(8-18)15-12(19)16-10-2-4-11(5-3-10)17-13-6-7-14-17/h2-7,9,18H,8H2,1H3,(H2,15,16,19)/t9-/m0/s1. The number of rotatable bonds is 4. The van der Waals surface area contributed by atoms with Gasteiger partial charge < -0.3 is 15.7 Å². The van der Waals surface area contributed by atoms with Crippen molar-refractivity contribution in [3.63, 3.8) is 0 Å². The van der Waals surface area contributed by atoms with Crippen molar-refractivity contribution in [3.8, 4) is 5.69 Å². The van der Waals surface area contributed by atoms with E-state index in [2.05, 4.69) is 20.8 Å². The molecule has 2 aromatic rings. The molecule has 0 saturated heterocycles. The number of carbonyl (C=O) groups excluding carboxylic acids is 1. The highest BCUT2D eigenvalue weighted by Gasteiger charge is 2.06. The number of aliphatic hydroxyl groups is 1. The van der Waals surface area contributed by atoms with Crippen molar-refractivity contribution in [3.05, 3.63) is 36.7 Å². The van der Waals surface area contributed by atoms with Crippen LogP contribution in [0.3, 0.4) is 0 Å². The first kappa shape index (κ1) is 13.0. The molecule has 1 heterocycles. The van der Waals surface area contributed by atoms with Crippen LogP contribution in [0.4, 0.5) is 10.5 Å². The molecule has 7 heteroatoms. The third-order valence-corrected chi connectivity index (χ3v) is 2.43. The van der Waals surface area contributed by atoms with E-state index in [-0.39, 0.29) is 18.7 Å². The number of urea groups is 1. The average Bonchev–Trinajstić information content (AvgIpc) is 2.93. The highest BCUT2D eigenvalue weighted by atomic mass is 16.3. The minimum atomic E-state index is -0.355. The molecule has 0 fully saturated rings. The molecular formula is C12H15N5O2. The Morgan fingerprint density at radius 2 is 1.95 bits per heavy atom. The molecule has 0 aliphatic heterocycles. The van der Waals surface area contributed by atoms with Gasteiger partial charge in [0.25, 0.3) is 0 Å². The SMILES string of the molecule is C[C@@H](CO)NC(=O)Nc1ccc(-n2nccn2)cc1. The average molecular weight is 261 g/mol. The first-order valence-corrected chi connectivity index (χ1v) is 5.84. The maximum absolute atomic E-state index is 11.5. The van der Waals surface area contributed by atoms with E-state index in [1.165, 1.54) is 4.80 Å². The molecule has 100 valence electrons. The smallest absolute Gasteiger partial charge is 0.319 e. The summed E-state index contributed by atoms with van der Waals surface area (Å²) in [6, 6.07) is 6.46. The Hall–Kier alpha value is -2.41. The predicted octanol–water partition coefficient (Wildman–Crippen LogP) is 0.770. The Kier molecular flexibility index (Phi) is 4.09. The summed E-state index contributed by atoms with van der Waals surface area (Å²) in [7, 11) is 0. The van der Waals surface area contributed by atoms with E-state index in [1.807, 2.05) is 0 Å². The van der Waals surface area contributed by atoms with E-state index in [0.29, 0.717) is 5.69 Å². The highest BCUT2D eigenvalue weighted by molar-refractivity contribution is 5.89. The van der Waals surface area contributed by atoms with Gasteiger partial charge in [0.15, 0.2) is 0 Å². The fraction of sp³-hybridized carbons (Fsp3) is 0.250. The minimum absolute atomic E-state index is 0.0999. The molecule has 19 heavy (non-hydrogen) atoms. The minimum Gasteiger partial charge on any atom is -0.394 e. The number of carbonyl (C=O) groups is 1. The van der Waals surface area contributed by atoms with Gasteiger partial charge in [-0.05, 0) is 31.2 Å². The van der Waals surface area contributed by atoms with Crippen molar-refractivity contribution in [1.29, 1.82) is 0 Å². The zero-order valence-corrected chi connectivity index (χ0v) is 10.4. The van der Waals surface area contributed by atoms with E-state index in [0.717, 1.165) is 5.69 Å². The Labute approximate surface area is 110 Å². The van der Waals surface area contributed by atoms with Gasteiger partial charge in [-0.1, -0.05) is 0 Å². The van der Waals surface area contributed by atoms with Crippen LogP contribution in [0.1, 0.15) is 6.92 Å². The number of anilines is 1. The van der Waals surface area contributed by atoms with Crippen LogP contribution >= 0.6 is 0 Å². The van der Waals surface area contributed by atoms with Crippen LogP contribution in [-0.2, 0) is 0 Å². The summed E-state index contributed by atoms with van der Waals surface area (Å²) in [5.41, 5.74) is 1.46. The summed E-state index contributed by atoms with van der Waals surface area (Å²) in [5.74, 6) is 0. The summed E-state index contributed by atoms with van der Waals surface area (Å²) >= 11 is 0. The fourth-order valence-corrected chi connectivity index (χ4v) is 1.46. The normalized spacial score (nSPS) is 11.9. The number of nitrogens with one attached hydrogen (secondary N) is 2. The monoisotopic (exact) mass is 261 g/mol. The third-order valence-electron chi connectivity index (χ3n) is 2.43. The fourth-order valence-electron chi connectivity index (χ4n) is 1.46. The molecule has 0 aliphatic rings. The number of hydrogen-bond donors (Lipinski definition) is 3. The maximum Gasteiger partial charge on any atom is 0.319 e. The molecule has 2 rings (SSSR count). The van der Waals surface area contributed by atoms with E-state index in [4.69, 9.17) is 5.11 Å². The first-order valence-electron chi connectivity index (χ1n) is 5.84. The van der Waals surface area contributed by atoms with Gasteiger partial charge in [-0.15, -0.1) is 0 Å². The van der Waals surface area contributed by atoms with E-state index in [1.54, 1.807) is 43.6 Å².